The van der Waals surface area contributed by atoms with Gasteiger partial charge in [0.2, 0.25) is 10.0 Å². The molecule has 1 N–H and O–H groups in total. The number of rotatable bonds is 5. The van der Waals surface area contributed by atoms with Gasteiger partial charge in [0.1, 0.15) is 5.75 Å². The molecule has 1 atom stereocenters. The monoisotopic (exact) mass is 446 g/mol. The minimum Gasteiger partial charge on any atom is -0.494 e. The van der Waals surface area contributed by atoms with E-state index in [2.05, 4.69) is 11.1 Å². The molecule has 3 aromatic carbocycles. The van der Waals surface area contributed by atoms with E-state index < -0.39 is 16.1 Å². The maximum atomic E-state index is 13.8. The Morgan fingerprint density at radius 3 is 2.44 bits per heavy atom. The lowest BCUT2D eigenvalue weighted by Gasteiger charge is -2.35. The maximum absolute atomic E-state index is 13.8. The normalized spacial score (nSPS) is 16.8. The molecule has 0 radical (unpaired) electrons. The molecule has 6 heteroatoms. The number of para-hydroxylation sites is 1. The number of ether oxygens (including phenoxy) is 1. The molecule has 5 nitrogen and oxygen atoms in total. The molecular formula is C26H26N2O3S. The molecule has 32 heavy (non-hydrogen) atoms. The molecule has 5 rings (SSSR count). The Labute approximate surface area is 188 Å². The number of nitrogens with zero attached hydrogens (tertiary/aromatic N) is 1. The molecule has 0 saturated carbocycles. The van der Waals surface area contributed by atoms with Gasteiger partial charge in [-0.15, -0.1) is 0 Å². The first-order valence-corrected chi connectivity index (χ1v) is 12.3. The van der Waals surface area contributed by atoms with Crippen LogP contribution in [0.5, 0.6) is 5.75 Å². The average molecular weight is 447 g/mol. The average Bonchev–Trinajstić information content (AvgIpc) is 3.18. The topological polar surface area (TPSA) is 62.4 Å². The second kappa shape index (κ2) is 8.11. The first-order chi connectivity index (χ1) is 15.5. The number of hydrogen-bond donors (Lipinski definition) is 1. The smallest absolute Gasteiger partial charge is 0.244 e. The second-order valence-corrected chi connectivity index (χ2v) is 10.0. The number of aromatic nitrogens is 1. The minimum atomic E-state index is -3.72. The number of nitrogens with one attached hydrogen (secondary N) is 1. The zero-order chi connectivity index (χ0) is 22.3. The van der Waals surface area contributed by atoms with Crippen LogP contribution in [0.2, 0.25) is 0 Å². The van der Waals surface area contributed by atoms with Crippen molar-refractivity contribution in [3.8, 4) is 5.75 Å². The van der Waals surface area contributed by atoms with Crippen molar-refractivity contribution in [1.29, 1.82) is 0 Å². The summed E-state index contributed by atoms with van der Waals surface area (Å²) in [6.07, 6.45) is 0.665. The van der Waals surface area contributed by atoms with Crippen molar-refractivity contribution < 1.29 is 13.2 Å². The van der Waals surface area contributed by atoms with Crippen molar-refractivity contribution in [2.24, 2.45) is 0 Å². The van der Waals surface area contributed by atoms with E-state index in [9.17, 15) is 8.42 Å². The number of hydrogen-bond acceptors (Lipinski definition) is 3. The molecule has 2 heterocycles. The summed E-state index contributed by atoms with van der Waals surface area (Å²) in [7, 11) is -3.72. The van der Waals surface area contributed by atoms with Crippen LogP contribution < -0.4 is 4.74 Å². The Kier molecular flexibility index (Phi) is 5.27. The first-order valence-electron chi connectivity index (χ1n) is 10.9. The predicted molar refractivity (Wildman–Crippen MR) is 127 cm³/mol. The number of aromatic amines is 1. The molecular weight excluding hydrogens is 420 g/mol. The van der Waals surface area contributed by atoms with Gasteiger partial charge in [0.15, 0.2) is 0 Å². The molecule has 4 aromatic rings. The number of H-pyrrole nitrogens is 1. The Morgan fingerprint density at radius 1 is 1.00 bits per heavy atom. The SMILES string of the molecule is CCOc1ccc(S(=O)(=O)N2CCc3c([nH]c4ccccc34)C2c2ccc(C)cc2)cc1. The molecule has 0 fully saturated rings. The molecule has 1 unspecified atom stereocenters. The molecule has 0 saturated heterocycles. The van der Waals surface area contributed by atoms with Gasteiger partial charge in [-0.2, -0.15) is 4.31 Å². The van der Waals surface area contributed by atoms with Crippen LogP contribution in [0.1, 0.15) is 35.3 Å². The molecule has 0 spiro atoms. The van der Waals surface area contributed by atoms with Gasteiger partial charge in [0.05, 0.1) is 17.5 Å². The van der Waals surface area contributed by atoms with Crippen molar-refractivity contribution in [2.75, 3.05) is 13.2 Å². The van der Waals surface area contributed by atoms with Crippen LogP contribution >= 0.6 is 0 Å². The van der Waals surface area contributed by atoms with Gasteiger partial charge in [-0.3, -0.25) is 0 Å². The Morgan fingerprint density at radius 2 is 1.72 bits per heavy atom. The molecule has 0 aliphatic carbocycles. The number of benzene rings is 3. The van der Waals surface area contributed by atoms with E-state index in [0.717, 1.165) is 27.7 Å². The van der Waals surface area contributed by atoms with Crippen LogP contribution in [0.15, 0.2) is 77.7 Å². The van der Waals surface area contributed by atoms with Crippen LogP contribution in [0.4, 0.5) is 0 Å². The third-order valence-corrected chi connectivity index (χ3v) is 8.00. The Hall–Kier alpha value is -3.09. The van der Waals surface area contributed by atoms with E-state index in [1.807, 2.05) is 56.3 Å². The summed E-state index contributed by atoms with van der Waals surface area (Å²) in [6.45, 7) is 4.90. The Balaban J connectivity index is 1.64. The fourth-order valence-corrected chi connectivity index (χ4v) is 6.16. The fraction of sp³-hybridized carbons (Fsp3) is 0.231. The van der Waals surface area contributed by atoms with E-state index in [1.54, 1.807) is 28.6 Å². The van der Waals surface area contributed by atoms with E-state index in [-0.39, 0.29) is 4.90 Å². The lowest BCUT2D eigenvalue weighted by molar-refractivity contribution is 0.337. The molecule has 0 amide bonds. The molecule has 1 aliphatic heterocycles. The number of aryl methyl sites for hydroxylation is 1. The molecule has 1 aliphatic rings. The summed E-state index contributed by atoms with van der Waals surface area (Å²) in [6, 6.07) is 22.6. The zero-order valence-corrected chi connectivity index (χ0v) is 19.0. The van der Waals surface area contributed by atoms with Crippen molar-refractivity contribution in [3.05, 3.63) is 95.2 Å². The van der Waals surface area contributed by atoms with Gasteiger partial charge >= 0.3 is 0 Å². The number of sulfonamides is 1. The van der Waals surface area contributed by atoms with Crippen molar-refractivity contribution in [2.45, 2.75) is 31.2 Å². The summed E-state index contributed by atoms with van der Waals surface area (Å²) >= 11 is 0. The lowest BCUT2D eigenvalue weighted by atomic mass is 9.94. The van der Waals surface area contributed by atoms with Crippen molar-refractivity contribution in [1.82, 2.24) is 9.29 Å². The third-order valence-electron chi connectivity index (χ3n) is 6.12. The predicted octanol–water partition coefficient (Wildman–Crippen LogP) is 5.21. The summed E-state index contributed by atoms with van der Waals surface area (Å²) in [4.78, 5) is 3.81. The summed E-state index contributed by atoms with van der Waals surface area (Å²) in [5, 5.41) is 1.16. The van der Waals surface area contributed by atoms with E-state index in [1.165, 1.54) is 5.56 Å². The largest absolute Gasteiger partial charge is 0.494 e. The van der Waals surface area contributed by atoms with Gasteiger partial charge in [-0.05, 0) is 61.7 Å². The first kappa shape index (κ1) is 20.8. The van der Waals surface area contributed by atoms with Crippen LogP contribution in [-0.4, -0.2) is 30.9 Å². The van der Waals surface area contributed by atoms with Gasteiger partial charge < -0.3 is 9.72 Å². The highest BCUT2D eigenvalue weighted by atomic mass is 32.2. The maximum Gasteiger partial charge on any atom is 0.244 e. The van der Waals surface area contributed by atoms with Gasteiger partial charge in [-0.25, -0.2) is 8.42 Å². The minimum absolute atomic E-state index is 0.276. The van der Waals surface area contributed by atoms with Crippen molar-refractivity contribution in [3.63, 3.8) is 0 Å². The number of fused-ring (bicyclic) bond motifs is 3. The van der Waals surface area contributed by atoms with Gasteiger partial charge in [0, 0.05) is 23.1 Å². The van der Waals surface area contributed by atoms with Gasteiger partial charge in [0.25, 0.3) is 0 Å². The second-order valence-electron chi connectivity index (χ2n) is 8.15. The Bertz CT molecular complexity index is 1360. The summed E-state index contributed by atoms with van der Waals surface area (Å²) < 4.78 is 34.7. The highest BCUT2D eigenvalue weighted by molar-refractivity contribution is 7.89. The standard InChI is InChI=1S/C26H26N2O3S/c1-3-31-20-12-14-21(15-13-20)32(29,30)28-17-16-23-22-6-4-5-7-24(22)27-25(23)26(28)19-10-8-18(2)9-11-19/h4-15,26-27H,3,16-17H2,1-2H3. The zero-order valence-electron chi connectivity index (χ0n) is 18.2. The quantitative estimate of drug-likeness (QED) is 0.458. The molecule has 1 aromatic heterocycles. The molecule has 0 bridgehead atoms. The highest BCUT2D eigenvalue weighted by Gasteiger charge is 2.39. The lowest BCUT2D eigenvalue weighted by Crippen LogP contribution is -2.40. The van der Waals surface area contributed by atoms with Crippen LogP contribution in [0.25, 0.3) is 10.9 Å². The summed E-state index contributed by atoms with van der Waals surface area (Å²) in [5.74, 6) is 0.665. The highest BCUT2D eigenvalue weighted by Crippen LogP contribution is 2.41. The van der Waals surface area contributed by atoms with E-state index >= 15 is 0 Å². The molecule has 164 valence electrons. The van der Waals surface area contributed by atoms with Gasteiger partial charge in [-0.1, -0.05) is 48.0 Å². The van der Waals surface area contributed by atoms with Crippen LogP contribution in [-0.2, 0) is 16.4 Å². The van der Waals surface area contributed by atoms with Crippen LogP contribution in [0, 0.1) is 6.92 Å². The fourth-order valence-electron chi connectivity index (χ4n) is 4.57. The summed E-state index contributed by atoms with van der Waals surface area (Å²) in [5.41, 5.74) is 5.29. The van der Waals surface area contributed by atoms with E-state index in [4.69, 9.17) is 4.74 Å². The van der Waals surface area contributed by atoms with Crippen LogP contribution in [0.3, 0.4) is 0 Å². The van der Waals surface area contributed by atoms with E-state index in [0.29, 0.717) is 25.3 Å². The van der Waals surface area contributed by atoms with Crippen molar-refractivity contribution >= 4 is 20.9 Å². The third kappa shape index (κ3) is 3.49.